The summed E-state index contributed by atoms with van der Waals surface area (Å²) in [4.78, 5) is 0. The van der Waals surface area contributed by atoms with E-state index >= 15 is 0 Å². The summed E-state index contributed by atoms with van der Waals surface area (Å²) in [5.74, 6) is 0.610. The first-order valence-electron chi connectivity index (χ1n) is 6.18. The lowest BCUT2D eigenvalue weighted by Crippen LogP contribution is -2.48. The lowest BCUT2D eigenvalue weighted by atomic mass is 9.64. The summed E-state index contributed by atoms with van der Waals surface area (Å²) in [5.41, 5.74) is -0.734. The first-order chi connectivity index (χ1) is 7.06. The van der Waals surface area contributed by atoms with Gasteiger partial charge >= 0.3 is 0 Å². The molecule has 1 saturated carbocycles. The molecule has 0 radical (unpaired) electrons. The Morgan fingerprint density at radius 1 is 1.53 bits per heavy atom. The van der Waals surface area contributed by atoms with E-state index in [1.165, 1.54) is 6.42 Å². The van der Waals surface area contributed by atoms with Gasteiger partial charge in [0.1, 0.15) is 0 Å². The SMILES string of the molecule is CCCC(C#N)C1(O)CCCC(C)C1C. The van der Waals surface area contributed by atoms with Crippen LogP contribution in [0.25, 0.3) is 0 Å². The summed E-state index contributed by atoms with van der Waals surface area (Å²) in [6, 6.07) is 2.31. The lowest BCUT2D eigenvalue weighted by Gasteiger charge is -2.44. The molecular formula is C13H23NO. The number of rotatable bonds is 3. The predicted octanol–water partition coefficient (Wildman–Crippen LogP) is 3.11. The van der Waals surface area contributed by atoms with E-state index in [1.807, 2.05) is 0 Å². The van der Waals surface area contributed by atoms with Crippen LogP contribution < -0.4 is 0 Å². The Morgan fingerprint density at radius 2 is 2.20 bits per heavy atom. The molecule has 1 aliphatic rings. The van der Waals surface area contributed by atoms with Crippen molar-refractivity contribution in [2.45, 2.75) is 58.5 Å². The van der Waals surface area contributed by atoms with Gasteiger partial charge < -0.3 is 5.11 Å². The van der Waals surface area contributed by atoms with Gasteiger partial charge in [-0.25, -0.2) is 0 Å². The molecule has 0 aromatic heterocycles. The molecule has 1 aliphatic carbocycles. The number of nitriles is 1. The third-order valence-corrected chi connectivity index (χ3v) is 4.22. The van der Waals surface area contributed by atoms with Gasteiger partial charge in [-0.2, -0.15) is 5.26 Å². The highest BCUT2D eigenvalue weighted by Gasteiger charge is 2.45. The Morgan fingerprint density at radius 3 is 2.73 bits per heavy atom. The smallest absolute Gasteiger partial charge is 0.0833 e. The second-order valence-electron chi connectivity index (χ2n) is 5.12. The van der Waals surface area contributed by atoms with E-state index in [0.717, 1.165) is 25.7 Å². The van der Waals surface area contributed by atoms with Gasteiger partial charge in [-0.15, -0.1) is 0 Å². The highest BCUT2D eigenvalue weighted by Crippen LogP contribution is 2.43. The molecular weight excluding hydrogens is 186 g/mol. The van der Waals surface area contributed by atoms with Crippen LogP contribution in [0.1, 0.15) is 52.9 Å². The summed E-state index contributed by atoms with van der Waals surface area (Å²) in [6.07, 6.45) is 4.85. The van der Waals surface area contributed by atoms with Crippen LogP contribution in [0.2, 0.25) is 0 Å². The molecule has 0 amide bonds. The average molecular weight is 209 g/mol. The predicted molar refractivity (Wildman–Crippen MR) is 61.1 cm³/mol. The van der Waals surface area contributed by atoms with Gasteiger partial charge in [0.15, 0.2) is 0 Å². The number of aliphatic hydroxyl groups is 1. The Kier molecular flexibility index (Phi) is 4.16. The number of hydrogen-bond donors (Lipinski definition) is 1. The Bertz CT molecular complexity index is 245. The van der Waals surface area contributed by atoms with E-state index < -0.39 is 5.60 Å². The largest absolute Gasteiger partial charge is 0.388 e. The molecule has 4 atom stereocenters. The second kappa shape index (κ2) is 4.99. The van der Waals surface area contributed by atoms with Gasteiger partial charge in [0.05, 0.1) is 17.6 Å². The molecule has 0 aromatic rings. The monoisotopic (exact) mass is 209 g/mol. The van der Waals surface area contributed by atoms with E-state index in [-0.39, 0.29) is 11.8 Å². The maximum Gasteiger partial charge on any atom is 0.0833 e. The van der Waals surface area contributed by atoms with Crippen molar-refractivity contribution in [2.75, 3.05) is 0 Å². The molecule has 0 aromatic carbocycles. The summed E-state index contributed by atoms with van der Waals surface area (Å²) >= 11 is 0. The van der Waals surface area contributed by atoms with Crippen LogP contribution in [0.5, 0.6) is 0 Å². The van der Waals surface area contributed by atoms with Crippen molar-refractivity contribution in [3.05, 3.63) is 0 Å². The van der Waals surface area contributed by atoms with Crippen molar-refractivity contribution >= 4 is 0 Å². The molecule has 2 heteroatoms. The van der Waals surface area contributed by atoms with Crippen molar-refractivity contribution in [3.63, 3.8) is 0 Å². The van der Waals surface area contributed by atoms with Crippen molar-refractivity contribution in [1.29, 1.82) is 5.26 Å². The molecule has 15 heavy (non-hydrogen) atoms. The average Bonchev–Trinajstić information content (AvgIpc) is 2.22. The first kappa shape index (κ1) is 12.5. The molecule has 1 N–H and O–H groups in total. The molecule has 0 saturated heterocycles. The Hall–Kier alpha value is -0.550. The quantitative estimate of drug-likeness (QED) is 0.776. The molecule has 0 bridgehead atoms. The molecule has 4 unspecified atom stereocenters. The molecule has 0 heterocycles. The zero-order valence-corrected chi connectivity index (χ0v) is 10.2. The van der Waals surface area contributed by atoms with E-state index in [9.17, 15) is 5.11 Å². The third kappa shape index (κ3) is 2.34. The summed E-state index contributed by atoms with van der Waals surface area (Å²) in [6.45, 7) is 6.36. The minimum atomic E-state index is -0.734. The fraction of sp³-hybridized carbons (Fsp3) is 0.923. The van der Waals surface area contributed by atoms with Gasteiger partial charge in [-0.05, 0) is 24.7 Å². The number of hydrogen-bond acceptors (Lipinski definition) is 2. The van der Waals surface area contributed by atoms with Gasteiger partial charge in [-0.3, -0.25) is 0 Å². The number of nitrogens with zero attached hydrogens (tertiary/aromatic N) is 1. The van der Waals surface area contributed by atoms with Crippen molar-refractivity contribution < 1.29 is 5.11 Å². The molecule has 1 fully saturated rings. The molecule has 0 aliphatic heterocycles. The molecule has 0 spiro atoms. The van der Waals surface area contributed by atoms with Crippen LogP contribution in [-0.2, 0) is 0 Å². The standard InChI is InChI=1S/C13H23NO/c1-4-6-12(9-14)13(15)8-5-7-10(2)11(13)3/h10-12,15H,4-8H2,1-3H3. The van der Waals surface area contributed by atoms with Crippen molar-refractivity contribution in [3.8, 4) is 6.07 Å². The Labute approximate surface area is 93.3 Å². The summed E-state index contributed by atoms with van der Waals surface area (Å²) in [7, 11) is 0. The van der Waals surface area contributed by atoms with Crippen LogP contribution in [0.3, 0.4) is 0 Å². The first-order valence-corrected chi connectivity index (χ1v) is 6.18. The maximum absolute atomic E-state index is 10.7. The molecule has 1 rings (SSSR count). The van der Waals surface area contributed by atoms with E-state index in [0.29, 0.717) is 5.92 Å². The highest BCUT2D eigenvalue weighted by molar-refractivity contribution is 5.03. The van der Waals surface area contributed by atoms with E-state index in [2.05, 4.69) is 26.8 Å². The van der Waals surface area contributed by atoms with Crippen LogP contribution in [0, 0.1) is 29.1 Å². The topological polar surface area (TPSA) is 44.0 Å². The lowest BCUT2D eigenvalue weighted by molar-refractivity contribution is -0.0933. The van der Waals surface area contributed by atoms with Crippen molar-refractivity contribution in [2.24, 2.45) is 17.8 Å². The fourth-order valence-corrected chi connectivity index (χ4v) is 2.88. The maximum atomic E-state index is 10.7. The fourth-order valence-electron chi connectivity index (χ4n) is 2.88. The molecule has 86 valence electrons. The zero-order valence-electron chi connectivity index (χ0n) is 10.2. The van der Waals surface area contributed by atoms with Gasteiger partial charge in [0, 0.05) is 0 Å². The third-order valence-electron chi connectivity index (χ3n) is 4.22. The van der Waals surface area contributed by atoms with E-state index in [4.69, 9.17) is 5.26 Å². The van der Waals surface area contributed by atoms with Gasteiger partial charge in [0.2, 0.25) is 0 Å². The second-order valence-corrected chi connectivity index (χ2v) is 5.12. The van der Waals surface area contributed by atoms with Crippen LogP contribution in [0.4, 0.5) is 0 Å². The van der Waals surface area contributed by atoms with Crippen molar-refractivity contribution in [1.82, 2.24) is 0 Å². The Balaban J connectivity index is 2.82. The highest BCUT2D eigenvalue weighted by atomic mass is 16.3. The van der Waals surface area contributed by atoms with E-state index in [1.54, 1.807) is 0 Å². The minimum absolute atomic E-state index is 0.180. The molecule has 2 nitrogen and oxygen atoms in total. The summed E-state index contributed by atoms with van der Waals surface area (Å²) in [5, 5.41) is 19.8. The summed E-state index contributed by atoms with van der Waals surface area (Å²) < 4.78 is 0. The zero-order chi connectivity index (χ0) is 11.5. The minimum Gasteiger partial charge on any atom is -0.388 e. The van der Waals surface area contributed by atoms with Crippen LogP contribution in [-0.4, -0.2) is 10.7 Å². The normalized spacial score (nSPS) is 38.3. The van der Waals surface area contributed by atoms with Gasteiger partial charge in [-0.1, -0.05) is 40.0 Å². The van der Waals surface area contributed by atoms with Gasteiger partial charge in [0.25, 0.3) is 0 Å². The van der Waals surface area contributed by atoms with Crippen LogP contribution >= 0.6 is 0 Å². The van der Waals surface area contributed by atoms with Crippen LogP contribution in [0.15, 0.2) is 0 Å².